The van der Waals surface area contributed by atoms with E-state index >= 15 is 0 Å². The molecule has 0 amide bonds. The van der Waals surface area contributed by atoms with Crippen molar-refractivity contribution in [1.82, 2.24) is 9.97 Å². The number of nitrogens with zero attached hydrogens (tertiary/aromatic N) is 2. The highest BCUT2D eigenvalue weighted by molar-refractivity contribution is 6.30. The predicted molar refractivity (Wildman–Crippen MR) is 98.5 cm³/mol. The molecule has 8 heteroatoms. The number of hydrogen-bond donors (Lipinski definition) is 3. The molecule has 4 rings (SSSR count). The zero-order chi connectivity index (χ0) is 19.1. The van der Waals surface area contributed by atoms with Crippen LogP contribution in [0, 0.1) is 11.2 Å². The zero-order valence-electron chi connectivity index (χ0n) is 14.3. The number of aliphatic hydroxyl groups excluding tert-OH is 1. The molecule has 3 N–H and O–H groups in total. The van der Waals surface area contributed by atoms with Gasteiger partial charge in [0.15, 0.2) is 0 Å². The van der Waals surface area contributed by atoms with Crippen LogP contribution in [0.2, 0.25) is 0 Å². The number of nitrogens with one attached hydrogen (secondary N) is 2. The molecule has 3 aromatic rings. The van der Waals surface area contributed by atoms with Crippen LogP contribution in [0.5, 0.6) is 0 Å². The van der Waals surface area contributed by atoms with E-state index < -0.39 is 11.8 Å². The van der Waals surface area contributed by atoms with Crippen LogP contribution in [-0.4, -0.2) is 40.5 Å². The molecule has 0 saturated carbocycles. The summed E-state index contributed by atoms with van der Waals surface area (Å²) in [6, 6.07) is 10.7. The fraction of sp³-hybridized carbons (Fsp3) is 0.105. The number of rotatable bonds is 3. The van der Waals surface area contributed by atoms with Gasteiger partial charge in [0.1, 0.15) is 23.2 Å². The second-order valence-electron chi connectivity index (χ2n) is 6.04. The van der Waals surface area contributed by atoms with E-state index in [1.54, 1.807) is 29.2 Å². The number of carbonyl (C=O) groups is 1. The largest absolute Gasteiger partial charge is 0.509 e. The molecule has 2 heterocycles. The standard InChI is InChI=1S/C19H15FN4O3/c1-27-19(26)10-2-5-12(6-3-10)24-9-15(25)16(17(24)21)18-22-13-7-4-11(20)8-14(13)23-18/h2-8,21,25H,9H2,1H3,(H,22,23). The molecule has 1 aliphatic rings. The molecule has 0 saturated heterocycles. The molecule has 0 aliphatic carbocycles. The summed E-state index contributed by atoms with van der Waals surface area (Å²) in [6.07, 6.45) is 0. The number of methoxy groups -OCH3 is 1. The first-order valence-electron chi connectivity index (χ1n) is 8.10. The molecule has 1 aromatic heterocycles. The molecule has 136 valence electrons. The highest BCUT2D eigenvalue weighted by Gasteiger charge is 2.31. The van der Waals surface area contributed by atoms with Crippen LogP contribution < -0.4 is 4.90 Å². The summed E-state index contributed by atoms with van der Waals surface area (Å²) >= 11 is 0. The number of esters is 1. The van der Waals surface area contributed by atoms with E-state index in [0.29, 0.717) is 28.1 Å². The normalized spacial score (nSPS) is 14.3. The van der Waals surface area contributed by atoms with Crippen LogP contribution in [0.1, 0.15) is 16.2 Å². The highest BCUT2D eigenvalue weighted by Crippen LogP contribution is 2.31. The molecule has 0 radical (unpaired) electrons. The molecule has 2 aromatic carbocycles. The van der Waals surface area contributed by atoms with Gasteiger partial charge in [-0.25, -0.2) is 14.2 Å². The second-order valence-corrected chi connectivity index (χ2v) is 6.04. The van der Waals surface area contributed by atoms with E-state index in [1.165, 1.54) is 25.3 Å². The summed E-state index contributed by atoms with van der Waals surface area (Å²) in [4.78, 5) is 20.4. The van der Waals surface area contributed by atoms with Gasteiger partial charge in [-0.05, 0) is 42.5 Å². The number of imidazole rings is 1. The van der Waals surface area contributed by atoms with Crippen molar-refractivity contribution in [3.05, 3.63) is 65.4 Å². The summed E-state index contributed by atoms with van der Waals surface area (Å²) in [5, 5.41) is 18.8. The highest BCUT2D eigenvalue weighted by atomic mass is 19.1. The van der Waals surface area contributed by atoms with Crippen LogP contribution in [0.25, 0.3) is 16.6 Å². The fourth-order valence-corrected chi connectivity index (χ4v) is 3.04. The molecule has 0 atom stereocenters. The minimum absolute atomic E-state index is 0.0171. The molecule has 0 fully saturated rings. The van der Waals surface area contributed by atoms with Gasteiger partial charge in [-0.2, -0.15) is 0 Å². The van der Waals surface area contributed by atoms with Crippen LogP contribution in [0.15, 0.2) is 48.2 Å². The number of aromatic nitrogens is 2. The van der Waals surface area contributed by atoms with Crippen LogP contribution in [-0.2, 0) is 4.74 Å². The summed E-state index contributed by atoms with van der Waals surface area (Å²) in [5.74, 6) is -0.514. The summed E-state index contributed by atoms with van der Waals surface area (Å²) < 4.78 is 18.1. The van der Waals surface area contributed by atoms with Crippen molar-refractivity contribution in [3.8, 4) is 0 Å². The van der Waals surface area contributed by atoms with Crippen molar-refractivity contribution in [2.24, 2.45) is 0 Å². The van der Waals surface area contributed by atoms with Crippen molar-refractivity contribution in [2.45, 2.75) is 0 Å². The number of aromatic amines is 1. The topological polar surface area (TPSA) is 102 Å². The van der Waals surface area contributed by atoms with Crippen molar-refractivity contribution >= 4 is 34.1 Å². The van der Waals surface area contributed by atoms with Gasteiger partial charge < -0.3 is 19.7 Å². The van der Waals surface area contributed by atoms with Crippen molar-refractivity contribution in [3.63, 3.8) is 0 Å². The van der Waals surface area contributed by atoms with Gasteiger partial charge in [0.05, 0.1) is 35.8 Å². The molecule has 0 bridgehead atoms. The SMILES string of the molecule is COC(=O)c1ccc(N2CC(O)=C(c3nc4ccc(F)cc4[nH]3)C2=N)cc1. The Bertz CT molecular complexity index is 1100. The molecule has 27 heavy (non-hydrogen) atoms. The fourth-order valence-electron chi connectivity index (χ4n) is 3.04. The van der Waals surface area contributed by atoms with Gasteiger partial charge in [-0.15, -0.1) is 0 Å². The first kappa shape index (κ1) is 16.8. The first-order valence-corrected chi connectivity index (χ1v) is 8.10. The number of fused-ring (bicyclic) bond motifs is 1. The molecule has 1 aliphatic heterocycles. The Morgan fingerprint density at radius 1 is 1.30 bits per heavy atom. The van der Waals surface area contributed by atoms with E-state index in [2.05, 4.69) is 14.7 Å². The minimum atomic E-state index is -0.450. The number of carbonyl (C=O) groups excluding carboxylic acids is 1. The van der Waals surface area contributed by atoms with Crippen LogP contribution in [0.4, 0.5) is 10.1 Å². The lowest BCUT2D eigenvalue weighted by Gasteiger charge is -2.18. The first-order chi connectivity index (χ1) is 13.0. The predicted octanol–water partition coefficient (Wildman–Crippen LogP) is 3.26. The lowest BCUT2D eigenvalue weighted by atomic mass is 10.2. The third-order valence-corrected chi connectivity index (χ3v) is 4.38. The number of aliphatic hydroxyl groups is 1. The second kappa shape index (κ2) is 6.24. The van der Waals surface area contributed by atoms with Gasteiger partial charge >= 0.3 is 5.97 Å². The van der Waals surface area contributed by atoms with E-state index in [-0.39, 0.29) is 23.7 Å². The number of halogens is 1. The quantitative estimate of drug-likeness (QED) is 0.618. The van der Waals surface area contributed by atoms with E-state index in [9.17, 15) is 14.3 Å². The number of anilines is 1. The number of amidine groups is 1. The maximum atomic E-state index is 13.4. The van der Waals surface area contributed by atoms with Gasteiger partial charge in [0.2, 0.25) is 0 Å². The van der Waals surface area contributed by atoms with Gasteiger partial charge in [0, 0.05) is 5.69 Å². The van der Waals surface area contributed by atoms with Crippen molar-refractivity contribution < 1.29 is 19.0 Å². The van der Waals surface area contributed by atoms with E-state index in [1.807, 2.05) is 0 Å². The van der Waals surface area contributed by atoms with E-state index in [4.69, 9.17) is 5.41 Å². The van der Waals surface area contributed by atoms with Crippen LogP contribution >= 0.6 is 0 Å². The van der Waals surface area contributed by atoms with Crippen LogP contribution in [0.3, 0.4) is 0 Å². The van der Waals surface area contributed by atoms with Crippen molar-refractivity contribution in [2.75, 3.05) is 18.6 Å². The number of ether oxygens (including phenoxy) is 1. The Morgan fingerprint density at radius 3 is 2.74 bits per heavy atom. The monoisotopic (exact) mass is 366 g/mol. The minimum Gasteiger partial charge on any atom is -0.509 e. The molecular formula is C19H15FN4O3. The summed E-state index contributed by atoms with van der Waals surface area (Å²) in [6.45, 7) is 0.0944. The number of hydrogen-bond acceptors (Lipinski definition) is 5. The van der Waals surface area contributed by atoms with Crippen molar-refractivity contribution in [1.29, 1.82) is 5.41 Å². The average Bonchev–Trinajstić information content (AvgIpc) is 3.20. The van der Waals surface area contributed by atoms with Gasteiger partial charge in [-0.1, -0.05) is 0 Å². The maximum absolute atomic E-state index is 13.4. The number of H-pyrrole nitrogens is 1. The molecule has 0 spiro atoms. The Hall–Kier alpha value is -3.68. The maximum Gasteiger partial charge on any atom is 0.337 e. The zero-order valence-corrected chi connectivity index (χ0v) is 14.3. The summed E-state index contributed by atoms with van der Waals surface area (Å²) in [5.41, 5.74) is 2.31. The Morgan fingerprint density at radius 2 is 2.04 bits per heavy atom. The molecule has 0 unspecified atom stereocenters. The lowest BCUT2D eigenvalue weighted by Crippen LogP contribution is -2.26. The molecular weight excluding hydrogens is 351 g/mol. The summed E-state index contributed by atoms with van der Waals surface area (Å²) in [7, 11) is 1.31. The smallest absolute Gasteiger partial charge is 0.337 e. The average molecular weight is 366 g/mol. The lowest BCUT2D eigenvalue weighted by molar-refractivity contribution is 0.0600. The Labute approximate surface area is 153 Å². The van der Waals surface area contributed by atoms with Gasteiger partial charge in [0.25, 0.3) is 0 Å². The molecule has 7 nitrogen and oxygen atoms in total. The third-order valence-electron chi connectivity index (χ3n) is 4.38. The van der Waals surface area contributed by atoms with Gasteiger partial charge in [-0.3, -0.25) is 5.41 Å². The third kappa shape index (κ3) is 2.80. The number of benzene rings is 2. The Balaban J connectivity index is 1.65. The van der Waals surface area contributed by atoms with E-state index in [0.717, 1.165) is 0 Å². The Kier molecular flexibility index (Phi) is 3.88.